The summed E-state index contributed by atoms with van der Waals surface area (Å²) in [5.41, 5.74) is -0.770. The summed E-state index contributed by atoms with van der Waals surface area (Å²) in [6, 6.07) is 5.53. The van der Waals surface area contributed by atoms with Crippen LogP contribution in [0.15, 0.2) is 47.1 Å². The van der Waals surface area contributed by atoms with Crippen molar-refractivity contribution in [2.24, 2.45) is 0 Å². The van der Waals surface area contributed by atoms with Gasteiger partial charge in [-0.3, -0.25) is 9.78 Å². The van der Waals surface area contributed by atoms with Crippen molar-refractivity contribution in [1.82, 2.24) is 20.4 Å². The Bertz CT molecular complexity index is 962. The molecule has 2 heterocycles. The van der Waals surface area contributed by atoms with E-state index in [0.717, 1.165) is 24.3 Å². The van der Waals surface area contributed by atoms with E-state index in [1.807, 2.05) is 0 Å². The van der Waals surface area contributed by atoms with Gasteiger partial charge in [0.05, 0.1) is 12.2 Å². The second-order valence-electron chi connectivity index (χ2n) is 5.60. The van der Waals surface area contributed by atoms with Crippen LogP contribution in [0, 0.1) is 5.82 Å². The summed E-state index contributed by atoms with van der Waals surface area (Å²) < 4.78 is 55.6. The number of alkyl halides is 3. The molecule has 0 aliphatic rings. The molecule has 0 saturated carbocycles. The Balaban J connectivity index is 0.00000300. The van der Waals surface area contributed by atoms with Crippen LogP contribution in [-0.2, 0) is 6.18 Å². The van der Waals surface area contributed by atoms with Crippen LogP contribution < -0.4 is 5.32 Å². The van der Waals surface area contributed by atoms with Gasteiger partial charge in [-0.15, -0.1) is 12.4 Å². The second kappa shape index (κ2) is 8.97. The molecule has 0 saturated heterocycles. The van der Waals surface area contributed by atoms with Crippen LogP contribution >= 0.6 is 12.4 Å². The number of benzene rings is 1. The Morgan fingerprint density at radius 2 is 1.86 bits per heavy atom. The Hall–Kier alpha value is -3.05. The van der Waals surface area contributed by atoms with Crippen LogP contribution in [0.2, 0.25) is 0 Å². The van der Waals surface area contributed by atoms with E-state index in [4.69, 9.17) is 4.52 Å². The fourth-order valence-electron chi connectivity index (χ4n) is 2.20. The van der Waals surface area contributed by atoms with Gasteiger partial charge >= 0.3 is 6.18 Å². The number of nitrogens with zero attached hydrogens (tertiary/aromatic N) is 3. The molecule has 1 unspecified atom stereocenters. The first-order chi connectivity index (χ1) is 13.3. The number of halogens is 5. The summed E-state index contributed by atoms with van der Waals surface area (Å²) >= 11 is 0. The van der Waals surface area contributed by atoms with E-state index in [-0.39, 0.29) is 35.4 Å². The summed E-state index contributed by atoms with van der Waals surface area (Å²) in [5.74, 6) is -1.42. The highest BCUT2D eigenvalue weighted by Gasteiger charge is 2.31. The van der Waals surface area contributed by atoms with Crippen LogP contribution in [0.25, 0.3) is 11.5 Å². The van der Waals surface area contributed by atoms with E-state index in [9.17, 15) is 27.5 Å². The largest absolute Gasteiger partial charge is 0.417 e. The van der Waals surface area contributed by atoms with Crippen LogP contribution in [-0.4, -0.2) is 32.7 Å². The number of hydrogen-bond acceptors (Lipinski definition) is 6. The maximum Gasteiger partial charge on any atom is 0.417 e. The van der Waals surface area contributed by atoms with Crippen LogP contribution in [0.3, 0.4) is 0 Å². The van der Waals surface area contributed by atoms with Gasteiger partial charge < -0.3 is 14.9 Å². The molecule has 0 aliphatic carbocycles. The lowest BCUT2D eigenvalue weighted by Crippen LogP contribution is -2.31. The zero-order valence-electron chi connectivity index (χ0n) is 14.4. The van der Waals surface area contributed by atoms with E-state index < -0.39 is 36.1 Å². The minimum absolute atomic E-state index is 0. The predicted octanol–water partition coefficient (Wildman–Crippen LogP) is 3.17. The molecule has 0 fully saturated rings. The third-order valence-corrected chi connectivity index (χ3v) is 3.65. The number of carbonyl (C=O) groups excluding carboxylic acids is 1. The number of nitrogens with one attached hydrogen (secondary N) is 1. The van der Waals surface area contributed by atoms with E-state index in [1.165, 1.54) is 12.1 Å². The average molecular weight is 433 g/mol. The highest BCUT2D eigenvalue weighted by Crippen LogP contribution is 2.29. The van der Waals surface area contributed by atoms with Gasteiger partial charge in [0.2, 0.25) is 5.82 Å². The fourth-order valence-corrected chi connectivity index (χ4v) is 2.20. The standard InChI is InChI=1S/C17H12F4N4O3.ClH/c18-11-4-1-9(2-5-11)15(27)23-13(8-26)16-24-14(25-28-16)12-6-3-10(7-22-12)17(19,20)21;/h1-7,13,26H,8H2,(H,23,27);1H. The topological polar surface area (TPSA) is 101 Å². The molecule has 0 aliphatic heterocycles. The Morgan fingerprint density at radius 1 is 1.17 bits per heavy atom. The molecule has 3 aromatic rings. The molecule has 1 amide bonds. The molecule has 29 heavy (non-hydrogen) atoms. The summed E-state index contributed by atoms with van der Waals surface area (Å²) in [7, 11) is 0. The number of pyridine rings is 1. The molecular formula is C17H13ClF4N4O3. The normalized spacial score (nSPS) is 12.2. The van der Waals surface area contributed by atoms with Crippen LogP contribution in [0.5, 0.6) is 0 Å². The maximum atomic E-state index is 12.9. The van der Waals surface area contributed by atoms with Gasteiger partial charge in [0.1, 0.15) is 17.6 Å². The van der Waals surface area contributed by atoms with E-state index >= 15 is 0 Å². The Morgan fingerprint density at radius 3 is 2.41 bits per heavy atom. The average Bonchev–Trinajstić information content (AvgIpc) is 3.16. The van der Waals surface area contributed by atoms with E-state index in [2.05, 4.69) is 20.4 Å². The SMILES string of the molecule is Cl.O=C(NC(CO)c1nc(-c2ccc(C(F)(F)F)cn2)no1)c1ccc(F)cc1. The molecule has 2 N–H and O–H groups in total. The predicted molar refractivity (Wildman–Crippen MR) is 93.5 cm³/mol. The molecule has 12 heteroatoms. The molecular weight excluding hydrogens is 420 g/mol. The van der Waals surface area contributed by atoms with Gasteiger partial charge in [-0.2, -0.15) is 18.2 Å². The van der Waals surface area contributed by atoms with Gasteiger partial charge in [0.25, 0.3) is 11.8 Å². The number of aliphatic hydroxyl groups is 1. The third kappa shape index (κ3) is 5.27. The van der Waals surface area contributed by atoms with Gasteiger partial charge in [-0.05, 0) is 36.4 Å². The van der Waals surface area contributed by atoms with Crippen molar-refractivity contribution >= 4 is 18.3 Å². The smallest absolute Gasteiger partial charge is 0.394 e. The molecule has 7 nitrogen and oxygen atoms in total. The number of carbonyl (C=O) groups is 1. The van der Waals surface area contributed by atoms with Gasteiger partial charge in [0.15, 0.2) is 0 Å². The van der Waals surface area contributed by atoms with E-state index in [0.29, 0.717) is 6.20 Å². The first-order valence-electron chi connectivity index (χ1n) is 7.82. The minimum Gasteiger partial charge on any atom is -0.394 e. The van der Waals surface area contributed by atoms with Crippen molar-refractivity contribution in [2.75, 3.05) is 6.61 Å². The quantitative estimate of drug-likeness (QED) is 0.600. The van der Waals surface area contributed by atoms with Gasteiger partial charge in [-0.1, -0.05) is 5.16 Å². The molecule has 1 atom stereocenters. The molecule has 2 aromatic heterocycles. The lowest BCUT2D eigenvalue weighted by atomic mass is 10.2. The molecule has 0 radical (unpaired) electrons. The molecule has 1 aromatic carbocycles. The van der Waals surface area contributed by atoms with Crippen molar-refractivity contribution < 1.29 is 32.0 Å². The molecule has 154 valence electrons. The van der Waals surface area contributed by atoms with Crippen LogP contribution in [0.1, 0.15) is 27.9 Å². The summed E-state index contributed by atoms with van der Waals surface area (Å²) in [5, 5.41) is 15.5. The van der Waals surface area contributed by atoms with Crippen molar-refractivity contribution in [3.05, 3.63) is 65.4 Å². The molecule has 3 rings (SSSR count). The number of aliphatic hydroxyl groups excluding tert-OH is 1. The van der Waals surface area contributed by atoms with Gasteiger partial charge in [-0.25, -0.2) is 4.39 Å². The summed E-state index contributed by atoms with van der Waals surface area (Å²) in [6.45, 7) is -0.588. The highest BCUT2D eigenvalue weighted by molar-refractivity contribution is 5.94. The lowest BCUT2D eigenvalue weighted by Gasteiger charge is -2.12. The zero-order valence-corrected chi connectivity index (χ0v) is 15.2. The number of amides is 1. The Kier molecular flexibility index (Phi) is 6.88. The molecule has 0 bridgehead atoms. The van der Waals surface area contributed by atoms with Crippen molar-refractivity contribution in [3.63, 3.8) is 0 Å². The first kappa shape index (κ1) is 22.2. The van der Waals surface area contributed by atoms with Crippen molar-refractivity contribution in [2.45, 2.75) is 12.2 Å². The van der Waals surface area contributed by atoms with Crippen molar-refractivity contribution in [3.8, 4) is 11.5 Å². The monoisotopic (exact) mass is 432 g/mol. The lowest BCUT2D eigenvalue weighted by molar-refractivity contribution is -0.137. The summed E-state index contributed by atoms with van der Waals surface area (Å²) in [4.78, 5) is 19.7. The number of aromatic nitrogens is 3. The second-order valence-corrected chi connectivity index (χ2v) is 5.60. The first-order valence-corrected chi connectivity index (χ1v) is 7.82. The molecule has 0 spiro atoms. The van der Waals surface area contributed by atoms with Crippen LogP contribution in [0.4, 0.5) is 17.6 Å². The summed E-state index contributed by atoms with van der Waals surface area (Å²) in [6.07, 6.45) is -3.90. The van der Waals surface area contributed by atoms with Gasteiger partial charge in [0, 0.05) is 11.8 Å². The fraction of sp³-hybridized carbons (Fsp3) is 0.176. The zero-order chi connectivity index (χ0) is 20.3. The van der Waals surface area contributed by atoms with Crippen molar-refractivity contribution in [1.29, 1.82) is 0 Å². The number of rotatable bonds is 5. The maximum absolute atomic E-state index is 12.9. The highest BCUT2D eigenvalue weighted by atomic mass is 35.5. The third-order valence-electron chi connectivity index (χ3n) is 3.65. The minimum atomic E-state index is -4.53. The number of hydrogen-bond donors (Lipinski definition) is 2. The van der Waals surface area contributed by atoms with E-state index in [1.54, 1.807) is 0 Å². The Labute approximate surface area is 167 Å².